The lowest BCUT2D eigenvalue weighted by atomic mass is 10.1. The predicted octanol–water partition coefficient (Wildman–Crippen LogP) is 6.84. The molecule has 0 radical (unpaired) electrons. The number of benzene rings is 3. The van der Waals surface area contributed by atoms with Gasteiger partial charge in [-0.2, -0.15) is 5.26 Å². The topological polar surface area (TPSA) is 62.1 Å². The Kier molecular flexibility index (Phi) is 7.51. The van der Waals surface area contributed by atoms with Crippen LogP contribution in [0.25, 0.3) is 6.08 Å². The van der Waals surface area contributed by atoms with Gasteiger partial charge < -0.3 is 10.1 Å². The van der Waals surface area contributed by atoms with Crippen LogP contribution in [0, 0.1) is 25.2 Å². The molecule has 0 heterocycles. The molecule has 156 valence electrons. The van der Waals surface area contributed by atoms with Crippen molar-refractivity contribution in [1.82, 2.24) is 0 Å². The molecule has 0 saturated heterocycles. The van der Waals surface area contributed by atoms with Crippen LogP contribution >= 0.6 is 27.5 Å². The van der Waals surface area contributed by atoms with Gasteiger partial charge in [0.1, 0.15) is 24.0 Å². The van der Waals surface area contributed by atoms with E-state index in [1.165, 1.54) is 17.2 Å². The average molecular weight is 496 g/mol. The summed E-state index contributed by atoms with van der Waals surface area (Å²) in [4.78, 5) is 12.4. The van der Waals surface area contributed by atoms with Gasteiger partial charge in [-0.25, -0.2) is 0 Å². The second-order valence-electron chi connectivity index (χ2n) is 7.03. The molecule has 0 saturated carbocycles. The summed E-state index contributed by atoms with van der Waals surface area (Å²) in [6, 6.07) is 20.3. The van der Waals surface area contributed by atoms with Gasteiger partial charge >= 0.3 is 0 Å². The van der Waals surface area contributed by atoms with E-state index in [4.69, 9.17) is 16.3 Å². The molecule has 4 nitrogen and oxygen atoms in total. The van der Waals surface area contributed by atoms with Gasteiger partial charge in [0.15, 0.2) is 0 Å². The highest BCUT2D eigenvalue weighted by Gasteiger charge is 2.11. The van der Waals surface area contributed by atoms with Crippen LogP contribution in [-0.2, 0) is 11.4 Å². The van der Waals surface area contributed by atoms with Crippen LogP contribution in [0.5, 0.6) is 5.75 Å². The summed E-state index contributed by atoms with van der Waals surface area (Å²) in [5.41, 5.74) is 4.81. The van der Waals surface area contributed by atoms with Gasteiger partial charge in [0.05, 0.1) is 4.47 Å². The number of hydrogen-bond donors (Lipinski definition) is 1. The Labute approximate surface area is 195 Å². The number of halogens is 2. The van der Waals surface area contributed by atoms with Crippen molar-refractivity contribution in [2.24, 2.45) is 0 Å². The second kappa shape index (κ2) is 10.3. The third-order valence-electron chi connectivity index (χ3n) is 4.70. The van der Waals surface area contributed by atoms with Crippen LogP contribution in [-0.4, -0.2) is 5.91 Å². The Morgan fingerprint density at radius 1 is 1.10 bits per heavy atom. The van der Waals surface area contributed by atoms with Crippen LogP contribution < -0.4 is 10.1 Å². The van der Waals surface area contributed by atoms with Gasteiger partial charge in [-0.1, -0.05) is 35.9 Å². The lowest BCUT2D eigenvalue weighted by molar-refractivity contribution is -0.112. The number of carbonyl (C=O) groups is 1. The fourth-order valence-corrected chi connectivity index (χ4v) is 3.46. The maximum Gasteiger partial charge on any atom is 0.266 e. The molecular formula is C25H20BrClN2O2. The number of aryl methyl sites for hydroxylation is 2. The summed E-state index contributed by atoms with van der Waals surface area (Å²) in [6.07, 6.45) is 1.53. The van der Waals surface area contributed by atoms with Crippen molar-refractivity contribution in [3.63, 3.8) is 0 Å². The largest absolute Gasteiger partial charge is 0.488 e. The molecule has 0 bridgehead atoms. The van der Waals surface area contributed by atoms with Crippen molar-refractivity contribution < 1.29 is 9.53 Å². The number of hydrogen-bond acceptors (Lipinski definition) is 3. The molecule has 3 rings (SSSR count). The van der Waals surface area contributed by atoms with E-state index in [1.54, 1.807) is 30.3 Å². The molecule has 0 aliphatic carbocycles. The van der Waals surface area contributed by atoms with Gasteiger partial charge in [0, 0.05) is 10.7 Å². The molecule has 0 aromatic heterocycles. The molecule has 6 heteroatoms. The fourth-order valence-electron chi connectivity index (χ4n) is 2.83. The van der Waals surface area contributed by atoms with Crippen LogP contribution in [0.4, 0.5) is 5.69 Å². The third-order valence-corrected chi connectivity index (χ3v) is 5.57. The summed E-state index contributed by atoms with van der Waals surface area (Å²) >= 11 is 9.36. The van der Waals surface area contributed by atoms with Crippen molar-refractivity contribution in [1.29, 1.82) is 5.26 Å². The Balaban J connectivity index is 1.70. The first-order valence-electron chi connectivity index (χ1n) is 9.53. The fraction of sp³-hybridized carbons (Fsp3) is 0.120. The lowest BCUT2D eigenvalue weighted by Gasteiger charge is -2.10. The van der Waals surface area contributed by atoms with Crippen molar-refractivity contribution in [2.75, 3.05) is 5.32 Å². The summed E-state index contributed by atoms with van der Waals surface area (Å²) in [5, 5.41) is 12.7. The van der Waals surface area contributed by atoms with E-state index in [0.29, 0.717) is 28.6 Å². The molecule has 0 spiro atoms. The van der Waals surface area contributed by atoms with Crippen molar-refractivity contribution in [3.05, 3.63) is 98.0 Å². The van der Waals surface area contributed by atoms with Crippen molar-refractivity contribution in [3.8, 4) is 11.8 Å². The summed E-state index contributed by atoms with van der Waals surface area (Å²) in [6.45, 7) is 4.60. The smallest absolute Gasteiger partial charge is 0.266 e. The Bertz CT molecular complexity index is 1180. The first-order valence-corrected chi connectivity index (χ1v) is 10.7. The van der Waals surface area contributed by atoms with Crippen LogP contribution in [0.3, 0.4) is 0 Å². The Hall–Kier alpha value is -3.07. The number of anilines is 1. The van der Waals surface area contributed by atoms with Gasteiger partial charge in [0.2, 0.25) is 0 Å². The van der Waals surface area contributed by atoms with Gasteiger partial charge in [-0.05, 0) is 94.5 Å². The summed E-state index contributed by atoms with van der Waals surface area (Å²) in [5.74, 6) is 0.190. The quantitative estimate of drug-likeness (QED) is 0.301. The number of rotatable bonds is 6. The highest BCUT2D eigenvalue weighted by atomic mass is 79.9. The molecular weight excluding hydrogens is 476 g/mol. The number of nitriles is 1. The van der Waals surface area contributed by atoms with Gasteiger partial charge in [0.25, 0.3) is 5.91 Å². The van der Waals surface area contributed by atoms with Crippen LogP contribution in [0.1, 0.15) is 22.3 Å². The Morgan fingerprint density at radius 2 is 1.84 bits per heavy atom. The number of ether oxygens (including phenoxy) is 1. The molecule has 0 aliphatic rings. The van der Waals surface area contributed by atoms with Gasteiger partial charge in [-0.3, -0.25) is 4.79 Å². The number of nitrogens with one attached hydrogen (secondary N) is 1. The molecule has 3 aromatic carbocycles. The first-order chi connectivity index (χ1) is 14.9. The Morgan fingerprint density at radius 3 is 2.48 bits per heavy atom. The molecule has 0 unspecified atom stereocenters. The first kappa shape index (κ1) is 22.6. The van der Waals surface area contributed by atoms with E-state index in [1.807, 2.05) is 24.3 Å². The van der Waals surface area contributed by atoms with E-state index in [0.717, 1.165) is 10.0 Å². The highest BCUT2D eigenvalue weighted by Crippen LogP contribution is 2.28. The molecule has 1 N–H and O–H groups in total. The zero-order valence-electron chi connectivity index (χ0n) is 17.1. The SMILES string of the molecule is Cc1ccc(COc2ccc(/C=C(\C#N)C(=O)Nc3ccc(Cl)cc3)cc2Br)cc1C. The standard InChI is InChI=1S/C25H20BrClN2O2/c1-16-3-4-19(11-17(16)2)15-31-24-10-5-18(13-23(24)26)12-20(14-28)25(30)29-22-8-6-21(27)7-9-22/h3-13H,15H2,1-2H3,(H,29,30)/b20-12+. The van der Waals surface area contributed by atoms with E-state index < -0.39 is 5.91 Å². The monoisotopic (exact) mass is 494 g/mol. The molecule has 1 amide bonds. The van der Waals surface area contributed by atoms with Crippen LogP contribution in [0.15, 0.2) is 70.7 Å². The molecule has 31 heavy (non-hydrogen) atoms. The maximum atomic E-state index is 12.4. The minimum absolute atomic E-state index is 0.00866. The minimum atomic E-state index is -0.490. The van der Waals surface area contributed by atoms with E-state index in [2.05, 4.69) is 47.2 Å². The zero-order chi connectivity index (χ0) is 22.4. The zero-order valence-corrected chi connectivity index (χ0v) is 19.4. The maximum absolute atomic E-state index is 12.4. The van der Waals surface area contributed by atoms with Crippen molar-refractivity contribution >= 4 is 45.2 Å². The average Bonchev–Trinajstić information content (AvgIpc) is 2.75. The van der Waals surface area contributed by atoms with Crippen molar-refractivity contribution in [2.45, 2.75) is 20.5 Å². The molecule has 0 fully saturated rings. The number of carbonyl (C=O) groups excluding carboxylic acids is 1. The summed E-state index contributed by atoms with van der Waals surface area (Å²) < 4.78 is 6.65. The number of amides is 1. The third kappa shape index (κ3) is 6.21. The van der Waals surface area contributed by atoms with E-state index >= 15 is 0 Å². The molecule has 0 aliphatic heterocycles. The normalized spacial score (nSPS) is 11.0. The molecule has 0 atom stereocenters. The van der Waals surface area contributed by atoms with E-state index in [9.17, 15) is 10.1 Å². The molecule has 3 aromatic rings. The highest BCUT2D eigenvalue weighted by molar-refractivity contribution is 9.10. The van der Waals surface area contributed by atoms with Crippen LogP contribution in [0.2, 0.25) is 5.02 Å². The van der Waals surface area contributed by atoms with Gasteiger partial charge in [-0.15, -0.1) is 0 Å². The number of nitrogens with zero attached hydrogens (tertiary/aromatic N) is 1. The lowest BCUT2D eigenvalue weighted by Crippen LogP contribution is -2.13. The second-order valence-corrected chi connectivity index (χ2v) is 8.32. The minimum Gasteiger partial charge on any atom is -0.488 e. The van der Waals surface area contributed by atoms with E-state index in [-0.39, 0.29) is 5.57 Å². The summed E-state index contributed by atoms with van der Waals surface area (Å²) in [7, 11) is 0. The predicted molar refractivity (Wildman–Crippen MR) is 128 cm³/mol.